The van der Waals surface area contributed by atoms with E-state index in [0.717, 1.165) is 12.8 Å². The number of esters is 1. The van der Waals surface area contributed by atoms with E-state index in [1.54, 1.807) is 0 Å². The predicted molar refractivity (Wildman–Crippen MR) is 96.0 cm³/mol. The third-order valence-electron chi connectivity index (χ3n) is 3.66. The van der Waals surface area contributed by atoms with E-state index in [0.29, 0.717) is 13.0 Å². The number of allylic oxidation sites excluding steroid dienone is 4. The molecule has 0 aromatic heterocycles. The summed E-state index contributed by atoms with van der Waals surface area (Å²) >= 11 is 0. The van der Waals surface area contributed by atoms with Crippen LogP contribution in [0.2, 0.25) is 0 Å². The zero-order valence-electron chi connectivity index (χ0n) is 14.8. The van der Waals surface area contributed by atoms with Crippen LogP contribution in [0, 0.1) is 0 Å². The van der Waals surface area contributed by atoms with Crippen LogP contribution in [-0.4, -0.2) is 12.6 Å². The number of carbonyl (C=O) groups is 1. The topological polar surface area (TPSA) is 26.3 Å². The van der Waals surface area contributed by atoms with Crippen molar-refractivity contribution < 1.29 is 9.53 Å². The van der Waals surface area contributed by atoms with Crippen LogP contribution in [0.5, 0.6) is 0 Å². The molecular weight excluding hydrogens is 272 g/mol. The summed E-state index contributed by atoms with van der Waals surface area (Å²) in [6, 6.07) is 0. The maximum absolute atomic E-state index is 11.1. The second-order valence-electron chi connectivity index (χ2n) is 5.82. The van der Waals surface area contributed by atoms with Crippen molar-refractivity contribution in [3.05, 3.63) is 24.3 Å². The molecule has 0 N–H and O–H groups in total. The number of hydrogen-bond donors (Lipinski definition) is 0. The standard InChI is InChI=1S/C20H36O2/c1-3-5-6-7-8-9-10-11-12-13-14-15-16-17-18-19-20(21)22-4-2/h8-11H,3-7,12-19H2,1-2H3. The van der Waals surface area contributed by atoms with E-state index in [1.807, 2.05) is 6.92 Å². The van der Waals surface area contributed by atoms with Gasteiger partial charge in [0.1, 0.15) is 0 Å². The predicted octanol–water partition coefficient (Wildman–Crippen LogP) is 6.36. The zero-order valence-corrected chi connectivity index (χ0v) is 14.8. The van der Waals surface area contributed by atoms with Gasteiger partial charge in [0.2, 0.25) is 0 Å². The summed E-state index contributed by atoms with van der Waals surface area (Å²) in [6.45, 7) is 4.60. The molecule has 0 fully saturated rings. The minimum atomic E-state index is -0.0459. The molecule has 0 radical (unpaired) electrons. The molecule has 0 aliphatic carbocycles. The van der Waals surface area contributed by atoms with Gasteiger partial charge in [0.05, 0.1) is 6.61 Å². The first-order valence-electron chi connectivity index (χ1n) is 9.28. The summed E-state index contributed by atoms with van der Waals surface area (Å²) in [4.78, 5) is 11.1. The minimum Gasteiger partial charge on any atom is -0.466 e. The van der Waals surface area contributed by atoms with E-state index in [9.17, 15) is 4.79 Å². The monoisotopic (exact) mass is 308 g/mol. The van der Waals surface area contributed by atoms with E-state index in [1.165, 1.54) is 57.8 Å². The van der Waals surface area contributed by atoms with Gasteiger partial charge in [-0.1, -0.05) is 69.8 Å². The van der Waals surface area contributed by atoms with Gasteiger partial charge < -0.3 is 4.74 Å². The number of unbranched alkanes of at least 4 members (excludes halogenated alkanes) is 9. The lowest BCUT2D eigenvalue weighted by Crippen LogP contribution is -2.03. The van der Waals surface area contributed by atoms with Crippen LogP contribution in [0.25, 0.3) is 0 Å². The molecule has 0 heterocycles. The first-order chi connectivity index (χ1) is 10.8. The summed E-state index contributed by atoms with van der Waals surface area (Å²) in [5, 5.41) is 0. The van der Waals surface area contributed by atoms with Gasteiger partial charge in [0, 0.05) is 6.42 Å². The molecule has 0 spiro atoms. The Morgan fingerprint density at radius 2 is 1.32 bits per heavy atom. The molecule has 0 atom stereocenters. The van der Waals surface area contributed by atoms with Crippen molar-refractivity contribution >= 4 is 5.97 Å². The van der Waals surface area contributed by atoms with Gasteiger partial charge in [-0.25, -0.2) is 0 Å². The SMILES string of the molecule is CCCCCC=CC=CCCCCCCCCC(=O)OCC. The molecule has 22 heavy (non-hydrogen) atoms. The van der Waals surface area contributed by atoms with Crippen molar-refractivity contribution in [2.45, 2.75) is 90.9 Å². The molecular formula is C20H36O2. The zero-order chi connectivity index (χ0) is 16.3. The molecule has 0 aromatic rings. The lowest BCUT2D eigenvalue weighted by molar-refractivity contribution is -0.143. The Bertz CT molecular complexity index is 292. The van der Waals surface area contributed by atoms with Crippen LogP contribution in [-0.2, 0) is 9.53 Å². The summed E-state index contributed by atoms with van der Waals surface area (Å²) in [5.74, 6) is -0.0459. The van der Waals surface area contributed by atoms with Crippen molar-refractivity contribution in [3.63, 3.8) is 0 Å². The third-order valence-corrected chi connectivity index (χ3v) is 3.66. The molecule has 0 aromatic carbocycles. The lowest BCUT2D eigenvalue weighted by atomic mass is 10.1. The number of hydrogen-bond acceptors (Lipinski definition) is 2. The molecule has 2 nitrogen and oxygen atoms in total. The quantitative estimate of drug-likeness (QED) is 0.200. The van der Waals surface area contributed by atoms with E-state index in [2.05, 4.69) is 31.2 Å². The first-order valence-corrected chi connectivity index (χ1v) is 9.28. The van der Waals surface area contributed by atoms with Crippen molar-refractivity contribution in [2.75, 3.05) is 6.61 Å². The Morgan fingerprint density at radius 1 is 0.773 bits per heavy atom. The van der Waals surface area contributed by atoms with E-state index < -0.39 is 0 Å². The summed E-state index contributed by atoms with van der Waals surface area (Å²) in [6.07, 6.45) is 23.1. The van der Waals surface area contributed by atoms with Gasteiger partial charge in [0.25, 0.3) is 0 Å². The van der Waals surface area contributed by atoms with Crippen LogP contribution >= 0.6 is 0 Å². The highest BCUT2D eigenvalue weighted by Crippen LogP contribution is 2.09. The molecule has 0 saturated carbocycles. The fourth-order valence-electron chi connectivity index (χ4n) is 2.33. The Balaban J connectivity index is 3.21. The number of ether oxygens (including phenoxy) is 1. The molecule has 0 rings (SSSR count). The summed E-state index contributed by atoms with van der Waals surface area (Å²) in [7, 11) is 0. The van der Waals surface area contributed by atoms with Crippen LogP contribution in [0.1, 0.15) is 90.9 Å². The van der Waals surface area contributed by atoms with Crippen LogP contribution in [0.4, 0.5) is 0 Å². The van der Waals surface area contributed by atoms with Crippen molar-refractivity contribution in [1.82, 2.24) is 0 Å². The molecule has 0 aliphatic heterocycles. The average molecular weight is 309 g/mol. The van der Waals surface area contributed by atoms with Crippen molar-refractivity contribution in [1.29, 1.82) is 0 Å². The highest BCUT2D eigenvalue weighted by Gasteiger charge is 2.00. The summed E-state index contributed by atoms with van der Waals surface area (Å²) < 4.78 is 4.91. The van der Waals surface area contributed by atoms with E-state index in [4.69, 9.17) is 4.74 Å². The molecule has 2 heteroatoms. The number of rotatable bonds is 15. The van der Waals surface area contributed by atoms with Crippen molar-refractivity contribution in [3.8, 4) is 0 Å². The van der Waals surface area contributed by atoms with E-state index in [-0.39, 0.29) is 5.97 Å². The fraction of sp³-hybridized carbons (Fsp3) is 0.750. The van der Waals surface area contributed by atoms with Gasteiger partial charge in [-0.2, -0.15) is 0 Å². The number of carbonyl (C=O) groups excluding carboxylic acids is 1. The van der Waals surface area contributed by atoms with Gasteiger partial charge in [0.15, 0.2) is 0 Å². The van der Waals surface area contributed by atoms with Crippen molar-refractivity contribution in [2.24, 2.45) is 0 Å². The Labute approximate surface area is 138 Å². The maximum Gasteiger partial charge on any atom is 0.305 e. The molecule has 0 bridgehead atoms. The first kappa shape index (κ1) is 20.9. The Kier molecular flexibility index (Phi) is 17.1. The Morgan fingerprint density at radius 3 is 1.91 bits per heavy atom. The highest BCUT2D eigenvalue weighted by atomic mass is 16.5. The minimum absolute atomic E-state index is 0.0459. The second kappa shape index (κ2) is 18.0. The molecule has 0 amide bonds. The normalized spacial score (nSPS) is 11.5. The van der Waals surface area contributed by atoms with Gasteiger partial charge in [-0.05, 0) is 39.0 Å². The molecule has 0 aliphatic rings. The van der Waals surface area contributed by atoms with E-state index >= 15 is 0 Å². The smallest absolute Gasteiger partial charge is 0.305 e. The van der Waals surface area contributed by atoms with Gasteiger partial charge >= 0.3 is 5.97 Å². The van der Waals surface area contributed by atoms with Crippen LogP contribution < -0.4 is 0 Å². The molecule has 0 unspecified atom stereocenters. The Hall–Kier alpha value is -1.05. The third kappa shape index (κ3) is 17.0. The van der Waals surface area contributed by atoms with Gasteiger partial charge in [-0.15, -0.1) is 0 Å². The average Bonchev–Trinajstić information content (AvgIpc) is 2.51. The largest absolute Gasteiger partial charge is 0.466 e. The lowest BCUT2D eigenvalue weighted by Gasteiger charge is -2.02. The molecule has 128 valence electrons. The second-order valence-corrected chi connectivity index (χ2v) is 5.82. The maximum atomic E-state index is 11.1. The van der Waals surface area contributed by atoms with Crippen LogP contribution in [0.15, 0.2) is 24.3 Å². The van der Waals surface area contributed by atoms with Gasteiger partial charge in [-0.3, -0.25) is 4.79 Å². The summed E-state index contributed by atoms with van der Waals surface area (Å²) in [5.41, 5.74) is 0. The van der Waals surface area contributed by atoms with Crippen LogP contribution in [0.3, 0.4) is 0 Å². The highest BCUT2D eigenvalue weighted by molar-refractivity contribution is 5.69. The fourth-order valence-corrected chi connectivity index (χ4v) is 2.33. The molecule has 0 saturated heterocycles.